The van der Waals surface area contributed by atoms with Crippen LogP contribution in [0.2, 0.25) is 5.02 Å². The van der Waals surface area contributed by atoms with Crippen LogP contribution < -0.4 is 10.6 Å². The quantitative estimate of drug-likeness (QED) is 0.769. The zero-order chi connectivity index (χ0) is 16.0. The Bertz CT molecular complexity index is 562. The van der Waals surface area contributed by atoms with Gasteiger partial charge in [-0.15, -0.1) is 0 Å². The van der Waals surface area contributed by atoms with Crippen molar-refractivity contribution in [2.45, 2.75) is 6.92 Å². The van der Waals surface area contributed by atoms with E-state index in [1.165, 1.54) is 30.1 Å². The number of amides is 3. The van der Waals surface area contributed by atoms with Crippen LogP contribution >= 0.6 is 11.6 Å². The lowest BCUT2D eigenvalue weighted by atomic mass is 10.2. The molecule has 1 aromatic rings. The molecule has 114 valence electrons. The maximum absolute atomic E-state index is 12.1. The predicted octanol–water partition coefficient (Wildman–Crippen LogP) is 1.64. The summed E-state index contributed by atoms with van der Waals surface area (Å²) >= 11 is 5.92. The summed E-state index contributed by atoms with van der Waals surface area (Å²) in [6.07, 6.45) is 0. The smallest absolute Gasteiger partial charge is 0.335 e. The highest BCUT2D eigenvalue weighted by molar-refractivity contribution is 6.33. The third-order valence-corrected chi connectivity index (χ3v) is 3.07. The Labute approximate surface area is 126 Å². The second kappa shape index (κ2) is 7.49. The van der Waals surface area contributed by atoms with Crippen LogP contribution in [0, 0.1) is 0 Å². The largest absolute Gasteiger partial charge is 0.478 e. The van der Waals surface area contributed by atoms with Gasteiger partial charge in [-0.05, 0) is 25.1 Å². The number of benzene rings is 1. The molecule has 0 radical (unpaired) electrons. The molecule has 0 aliphatic rings. The van der Waals surface area contributed by atoms with Gasteiger partial charge in [0, 0.05) is 13.6 Å². The summed E-state index contributed by atoms with van der Waals surface area (Å²) in [5.41, 5.74) is 0.181. The number of aromatic carboxylic acids is 1. The molecule has 0 aromatic heterocycles. The Balaban J connectivity index is 2.88. The lowest BCUT2D eigenvalue weighted by Gasteiger charge is -2.20. The van der Waals surface area contributed by atoms with Gasteiger partial charge < -0.3 is 20.6 Å². The standard InChI is InChI=1S/C13H16ClN3O4/c1-3-17(7-11(18)15-2)13(21)16-10-6-8(12(19)20)4-5-9(10)14/h4-6H,3,7H2,1-2H3,(H,15,18)(H,16,21)(H,19,20). The number of carboxylic acids is 1. The fourth-order valence-electron chi connectivity index (χ4n) is 1.53. The van der Waals surface area contributed by atoms with Crippen molar-refractivity contribution in [2.75, 3.05) is 25.5 Å². The maximum Gasteiger partial charge on any atom is 0.335 e. The lowest BCUT2D eigenvalue weighted by molar-refractivity contribution is -0.121. The molecule has 8 heteroatoms. The van der Waals surface area contributed by atoms with E-state index in [0.717, 1.165) is 0 Å². The van der Waals surface area contributed by atoms with Crippen molar-refractivity contribution in [3.05, 3.63) is 28.8 Å². The van der Waals surface area contributed by atoms with E-state index in [0.29, 0.717) is 6.54 Å². The number of carbonyl (C=O) groups is 3. The first-order valence-corrected chi connectivity index (χ1v) is 6.56. The van der Waals surface area contributed by atoms with Gasteiger partial charge in [-0.25, -0.2) is 9.59 Å². The van der Waals surface area contributed by atoms with Crippen LogP contribution in [-0.2, 0) is 4.79 Å². The monoisotopic (exact) mass is 313 g/mol. The second-order valence-electron chi connectivity index (χ2n) is 4.12. The number of carboxylic acid groups (broad SMARTS) is 1. The second-order valence-corrected chi connectivity index (χ2v) is 4.52. The van der Waals surface area contributed by atoms with Gasteiger partial charge in [0.2, 0.25) is 5.91 Å². The number of anilines is 1. The minimum atomic E-state index is -1.13. The van der Waals surface area contributed by atoms with Gasteiger partial charge in [0.15, 0.2) is 0 Å². The molecule has 0 aliphatic heterocycles. The van der Waals surface area contributed by atoms with E-state index in [4.69, 9.17) is 16.7 Å². The molecule has 7 nitrogen and oxygen atoms in total. The molecule has 1 rings (SSSR count). The summed E-state index contributed by atoms with van der Waals surface area (Å²) in [6.45, 7) is 1.93. The Morgan fingerprint density at radius 3 is 2.52 bits per heavy atom. The van der Waals surface area contributed by atoms with Crippen molar-refractivity contribution in [1.82, 2.24) is 10.2 Å². The molecule has 0 saturated carbocycles. The van der Waals surface area contributed by atoms with E-state index in [-0.39, 0.29) is 28.7 Å². The molecule has 0 heterocycles. The highest BCUT2D eigenvalue weighted by atomic mass is 35.5. The normalized spacial score (nSPS) is 9.86. The highest BCUT2D eigenvalue weighted by Crippen LogP contribution is 2.23. The number of urea groups is 1. The minimum Gasteiger partial charge on any atom is -0.478 e. The SMILES string of the molecule is CCN(CC(=O)NC)C(=O)Nc1cc(C(=O)O)ccc1Cl. The van der Waals surface area contributed by atoms with E-state index in [1.54, 1.807) is 6.92 Å². The zero-order valence-corrected chi connectivity index (χ0v) is 12.4. The first-order chi connectivity index (χ1) is 9.88. The number of hydrogen-bond acceptors (Lipinski definition) is 3. The third-order valence-electron chi connectivity index (χ3n) is 2.74. The molecule has 0 bridgehead atoms. The van der Waals surface area contributed by atoms with Crippen LogP contribution in [0.4, 0.5) is 10.5 Å². The Morgan fingerprint density at radius 2 is 2.00 bits per heavy atom. The number of likely N-dealkylation sites (N-methyl/N-ethyl adjacent to an activating group) is 2. The topological polar surface area (TPSA) is 98.7 Å². The number of nitrogens with zero attached hydrogens (tertiary/aromatic N) is 1. The number of hydrogen-bond donors (Lipinski definition) is 3. The fraction of sp³-hybridized carbons (Fsp3) is 0.308. The van der Waals surface area contributed by atoms with Crippen molar-refractivity contribution in [3.63, 3.8) is 0 Å². The molecule has 3 amide bonds. The van der Waals surface area contributed by atoms with Crippen molar-refractivity contribution in [1.29, 1.82) is 0 Å². The molecule has 0 unspecified atom stereocenters. The van der Waals surface area contributed by atoms with Crippen molar-refractivity contribution in [3.8, 4) is 0 Å². The van der Waals surface area contributed by atoms with Crippen molar-refractivity contribution >= 4 is 35.2 Å². The van der Waals surface area contributed by atoms with Gasteiger partial charge in [0.05, 0.1) is 16.3 Å². The molecule has 3 N–H and O–H groups in total. The zero-order valence-electron chi connectivity index (χ0n) is 11.6. The molecule has 0 fully saturated rings. The molecular weight excluding hydrogens is 298 g/mol. The average molecular weight is 314 g/mol. The summed E-state index contributed by atoms with van der Waals surface area (Å²) in [6, 6.07) is 3.44. The van der Waals surface area contributed by atoms with E-state index in [9.17, 15) is 14.4 Å². The van der Waals surface area contributed by atoms with Crippen LogP contribution in [0.15, 0.2) is 18.2 Å². The van der Waals surface area contributed by atoms with Crippen LogP contribution in [0.5, 0.6) is 0 Å². The van der Waals surface area contributed by atoms with Crippen molar-refractivity contribution < 1.29 is 19.5 Å². The van der Waals surface area contributed by atoms with Crippen molar-refractivity contribution in [2.24, 2.45) is 0 Å². The molecule has 0 spiro atoms. The van der Waals surface area contributed by atoms with E-state index in [1.807, 2.05) is 0 Å². The molecular formula is C13H16ClN3O4. The number of carbonyl (C=O) groups excluding carboxylic acids is 2. The fourth-order valence-corrected chi connectivity index (χ4v) is 1.69. The summed E-state index contributed by atoms with van der Waals surface area (Å²) < 4.78 is 0. The van der Waals surface area contributed by atoms with E-state index >= 15 is 0 Å². The average Bonchev–Trinajstić information content (AvgIpc) is 2.46. The lowest BCUT2D eigenvalue weighted by Crippen LogP contribution is -2.41. The van der Waals surface area contributed by atoms with Crippen LogP contribution in [0.25, 0.3) is 0 Å². The number of rotatable bonds is 5. The van der Waals surface area contributed by atoms with Gasteiger partial charge in [0.1, 0.15) is 6.54 Å². The molecule has 1 aromatic carbocycles. The summed E-state index contributed by atoms with van der Waals surface area (Å²) in [5, 5.41) is 14.1. The van der Waals surface area contributed by atoms with Crippen LogP contribution in [-0.4, -0.2) is 48.1 Å². The Hall–Kier alpha value is -2.28. The number of nitrogens with one attached hydrogen (secondary N) is 2. The maximum atomic E-state index is 12.1. The van der Waals surface area contributed by atoms with E-state index in [2.05, 4.69) is 10.6 Å². The summed E-state index contributed by atoms with van der Waals surface area (Å²) in [7, 11) is 1.47. The first kappa shape index (κ1) is 16.8. The molecule has 0 saturated heterocycles. The first-order valence-electron chi connectivity index (χ1n) is 6.18. The minimum absolute atomic E-state index is 0.00375. The Morgan fingerprint density at radius 1 is 1.33 bits per heavy atom. The van der Waals surface area contributed by atoms with Crippen LogP contribution in [0.1, 0.15) is 17.3 Å². The summed E-state index contributed by atoms with van der Waals surface area (Å²) in [5.74, 6) is -1.43. The van der Waals surface area contributed by atoms with Crippen LogP contribution in [0.3, 0.4) is 0 Å². The summed E-state index contributed by atoms with van der Waals surface area (Å²) in [4.78, 5) is 35.5. The highest BCUT2D eigenvalue weighted by Gasteiger charge is 2.16. The Kier molecular flexibility index (Phi) is 5.98. The third kappa shape index (κ3) is 4.64. The van der Waals surface area contributed by atoms with Gasteiger partial charge >= 0.3 is 12.0 Å². The molecule has 21 heavy (non-hydrogen) atoms. The molecule has 0 atom stereocenters. The van der Waals surface area contributed by atoms with Gasteiger partial charge in [-0.3, -0.25) is 4.79 Å². The van der Waals surface area contributed by atoms with E-state index < -0.39 is 12.0 Å². The molecule has 0 aliphatic carbocycles. The number of halogens is 1. The predicted molar refractivity (Wildman–Crippen MR) is 78.7 cm³/mol. The van der Waals surface area contributed by atoms with Gasteiger partial charge in [-0.2, -0.15) is 0 Å². The van der Waals surface area contributed by atoms with Gasteiger partial charge in [0.25, 0.3) is 0 Å². The van der Waals surface area contributed by atoms with Gasteiger partial charge in [-0.1, -0.05) is 11.6 Å².